The lowest BCUT2D eigenvalue weighted by Gasteiger charge is -2.28. The molecule has 2 unspecified atom stereocenters. The number of anilines is 1. The number of aryl methyl sites for hydroxylation is 1. The van der Waals surface area contributed by atoms with E-state index in [1.165, 1.54) is 16.1 Å². The van der Waals surface area contributed by atoms with E-state index in [0.717, 1.165) is 16.6 Å². The molecule has 0 aliphatic carbocycles. The number of thiophene rings is 1. The van der Waals surface area contributed by atoms with Gasteiger partial charge in [-0.25, -0.2) is 5.01 Å². The smallest absolute Gasteiger partial charge is 0.136 e. The Labute approximate surface area is 161 Å². The van der Waals surface area contributed by atoms with Gasteiger partial charge in [0.1, 0.15) is 6.04 Å². The average molecular weight is 373 g/mol. The number of benzene rings is 1. The lowest BCUT2D eigenvalue weighted by molar-refractivity contribution is 0.290. The number of rotatable bonds is 3. The zero-order chi connectivity index (χ0) is 18.4. The Balaban J connectivity index is 1.47. The second-order valence-electron chi connectivity index (χ2n) is 6.89. The van der Waals surface area contributed by atoms with Crippen LogP contribution >= 0.6 is 11.3 Å². The van der Waals surface area contributed by atoms with Gasteiger partial charge in [-0.15, -0.1) is 11.3 Å². The second-order valence-corrected chi connectivity index (χ2v) is 7.78. The van der Waals surface area contributed by atoms with Crippen molar-refractivity contribution in [3.8, 4) is 0 Å². The van der Waals surface area contributed by atoms with Gasteiger partial charge in [-0.05, 0) is 60.7 Å². The number of hydrogen-bond acceptors (Lipinski definition) is 6. The minimum absolute atomic E-state index is 0.00752. The first kappa shape index (κ1) is 16.2. The summed E-state index contributed by atoms with van der Waals surface area (Å²) < 4.78 is 0. The molecule has 2 atom stereocenters. The van der Waals surface area contributed by atoms with Crippen molar-refractivity contribution in [2.75, 3.05) is 4.90 Å². The molecule has 5 rings (SSSR count). The number of aromatic nitrogens is 1. The van der Waals surface area contributed by atoms with Crippen molar-refractivity contribution in [1.29, 1.82) is 0 Å². The highest BCUT2D eigenvalue weighted by Crippen LogP contribution is 2.37. The third-order valence-electron chi connectivity index (χ3n) is 4.99. The maximum absolute atomic E-state index is 4.47. The third-order valence-corrected chi connectivity index (χ3v) is 6.05. The van der Waals surface area contributed by atoms with Crippen molar-refractivity contribution in [2.45, 2.75) is 25.9 Å². The highest BCUT2D eigenvalue weighted by molar-refractivity contribution is 7.14. The van der Waals surface area contributed by atoms with E-state index >= 15 is 0 Å². The molecule has 3 aromatic rings. The Kier molecular flexibility index (Phi) is 3.79. The Hall–Kier alpha value is -2.99. The van der Waals surface area contributed by atoms with Crippen molar-refractivity contribution in [3.05, 3.63) is 83.3 Å². The molecule has 2 aromatic heterocycles. The fraction of sp³-hybridized carbons (Fsp3) is 0.190. The van der Waals surface area contributed by atoms with Gasteiger partial charge in [-0.2, -0.15) is 5.11 Å². The van der Waals surface area contributed by atoms with E-state index < -0.39 is 0 Å². The van der Waals surface area contributed by atoms with Crippen LogP contribution in [-0.2, 0) is 0 Å². The SMILES string of the molecule is Cc1csc(N2C=CC3N=NN(C(C)c4ccc5ncccc5c4)C3=C2)c1. The summed E-state index contributed by atoms with van der Waals surface area (Å²) in [5.41, 5.74) is 4.58. The largest absolute Gasteiger partial charge is 0.314 e. The van der Waals surface area contributed by atoms with E-state index in [2.05, 4.69) is 88.3 Å². The van der Waals surface area contributed by atoms with Crippen LogP contribution in [0.2, 0.25) is 0 Å². The molecule has 2 aliphatic heterocycles. The molecule has 0 N–H and O–H groups in total. The molecule has 27 heavy (non-hydrogen) atoms. The van der Waals surface area contributed by atoms with Crippen molar-refractivity contribution in [3.63, 3.8) is 0 Å². The summed E-state index contributed by atoms with van der Waals surface area (Å²) in [6, 6.07) is 12.7. The molecule has 0 radical (unpaired) electrons. The maximum Gasteiger partial charge on any atom is 0.136 e. The van der Waals surface area contributed by atoms with Crippen molar-refractivity contribution < 1.29 is 0 Å². The molecule has 134 valence electrons. The fourth-order valence-electron chi connectivity index (χ4n) is 3.47. The zero-order valence-electron chi connectivity index (χ0n) is 15.1. The van der Waals surface area contributed by atoms with Crippen LogP contribution in [-0.4, -0.2) is 16.0 Å². The van der Waals surface area contributed by atoms with E-state index in [0.29, 0.717) is 0 Å². The summed E-state index contributed by atoms with van der Waals surface area (Å²) in [4.78, 5) is 6.57. The van der Waals surface area contributed by atoms with Gasteiger partial charge in [-0.1, -0.05) is 17.4 Å². The summed E-state index contributed by atoms with van der Waals surface area (Å²) in [5, 5.41) is 15.4. The van der Waals surface area contributed by atoms with Gasteiger partial charge < -0.3 is 4.90 Å². The molecule has 0 bridgehead atoms. The summed E-state index contributed by atoms with van der Waals surface area (Å²) in [6.07, 6.45) is 8.15. The molecule has 5 nitrogen and oxygen atoms in total. The molecule has 0 amide bonds. The van der Waals surface area contributed by atoms with Gasteiger partial charge in [0, 0.05) is 24.0 Å². The summed E-state index contributed by atoms with van der Waals surface area (Å²) in [6.45, 7) is 4.28. The quantitative estimate of drug-likeness (QED) is 0.601. The Morgan fingerprint density at radius 3 is 2.96 bits per heavy atom. The Morgan fingerprint density at radius 1 is 1.19 bits per heavy atom. The van der Waals surface area contributed by atoms with Crippen LogP contribution in [0.4, 0.5) is 5.00 Å². The molecule has 2 aliphatic rings. The van der Waals surface area contributed by atoms with Gasteiger partial charge in [0.15, 0.2) is 0 Å². The molecule has 0 saturated heterocycles. The van der Waals surface area contributed by atoms with E-state index in [1.54, 1.807) is 11.3 Å². The number of pyridine rings is 1. The highest BCUT2D eigenvalue weighted by atomic mass is 32.1. The first-order valence-corrected chi connectivity index (χ1v) is 9.85. The average Bonchev–Trinajstić information content (AvgIpc) is 3.32. The molecule has 4 heterocycles. The van der Waals surface area contributed by atoms with Crippen LogP contribution in [0.25, 0.3) is 10.9 Å². The molecule has 0 fully saturated rings. The summed E-state index contributed by atoms with van der Waals surface area (Å²) >= 11 is 1.74. The summed E-state index contributed by atoms with van der Waals surface area (Å²) in [7, 11) is 0. The highest BCUT2D eigenvalue weighted by Gasteiger charge is 2.31. The predicted octanol–water partition coefficient (Wildman–Crippen LogP) is 5.59. The van der Waals surface area contributed by atoms with E-state index in [-0.39, 0.29) is 12.1 Å². The van der Waals surface area contributed by atoms with Crippen molar-refractivity contribution >= 4 is 27.2 Å². The van der Waals surface area contributed by atoms with Crippen molar-refractivity contribution in [1.82, 2.24) is 9.99 Å². The number of nitrogens with zero attached hydrogens (tertiary/aromatic N) is 5. The van der Waals surface area contributed by atoms with Crippen LogP contribution in [0.5, 0.6) is 0 Å². The Morgan fingerprint density at radius 2 is 2.11 bits per heavy atom. The number of fused-ring (bicyclic) bond motifs is 2. The third kappa shape index (κ3) is 2.82. The van der Waals surface area contributed by atoms with Gasteiger partial charge in [-0.3, -0.25) is 4.98 Å². The Bertz CT molecular complexity index is 1100. The normalized spacial score (nSPS) is 19.5. The maximum atomic E-state index is 4.47. The molecule has 6 heteroatoms. The van der Waals surface area contributed by atoms with Crippen molar-refractivity contribution in [2.24, 2.45) is 10.3 Å². The van der Waals surface area contributed by atoms with Crippen LogP contribution < -0.4 is 4.90 Å². The van der Waals surface area contributed by atoms with E-state index in [9.17, 15) is 0 Å². The van der Waals surface area contributed by atoms with Crippen LogP contribution in [0.3, 0.4) is 0 Å². The van der Waals surface area contributed by atoms with E-state index in [4.69, 9.17) is 0 Å². The molecule has 1 aromatic carbocycles. The lowest BCUT2D eigenvalue weighted by atomic mass is 10.0. The molecule has 0 spiro atoms. The van der Waals surface area contributed by atoms with Crippen LogP contribution in [0, 0.1) is 6.92 Å². The molecule has 0 saturated carbocycles. The zero-order valence-corrected chi connectivity index (χ0v) is 16.0. The standard InChI is InChI=1S/C21H19N5S/c1-14-10-21(27-13-14)25-9-7-19-20(12-25)26(24-23-19)15(2)16-5-6-18-17(11-16)4-3-8-22-18/h3-13,15,19H,1-2H3. The minimum Gasteiger partial charge on any atom is -0.314 e. The second kappa shape index (κ2) is 6.32. The van der Waals surface area contributed by atoms with Gasteiger partial charge in [0.25, 0.3) is 0 Å². The van der Waals surface area contributed by atoms with Crippen LogP contribution in [0.15, 0.2) is 82.5 Å². The topological polar surface area (TPSA) is 44.1 Å². The van der Waals surface area contributed by atoms with Gasteiger partial charge >= 0.3 is 0 Å². The van der Waals surface area contributed by atoms with Gasteiger partial charge in [0.05, 0.1) is 22.3 Å². The first-order valence-electron chi connectivity index (χ1n) is 8.97. The number of hydrogen-bond donors (Lipinski definition) is 0. The lowest BCUT2D eigenvalue weighted by Crippen LogP contribution is -2.26. The molecular formula is C21H19N5S. The fourth-order valence-corrected chi connectivity index (χ4v) is 4.34. The predicted molar refractivity (Wildman–Crippen MR) is 109 cm³/mol. The monoisotopic (exact) mass is 373 g/mol. The summed E-state index contributed by atoms with van der Waals surface area (Å²) in [5.74, 6) is 0. The minimum atomic E-state index is -0.00752. The van der Waals surface area contributed by atoms with E-state index in [1.807, 2.05) is 17.3 Å². The molecular weight excluding hydrogens is 354 g/mol. The first-order chi connectivity index (χ1) is 13.2. The van der Waals surface area contributed by atoms with Crippen LogP contribution in [0.1, 0.15) is 24.1 Å². The van der Waals surface area contributed by atoms with Gasteiger partial charge in [0.2, 0.25) is 0 Å².